The average molecular weight is 345 g/mol. The lowest BCUT2D eigenvalue weighted by Gasteiger charge is -2.21. The van der Waals surface area contributed by atoms with Gasteiger partial charge in [0, 0.05) is 29.4 Å². The fraction of sp³-hybridized carbons (Fsp3) is 0.389. The van der Waals surface area contributed by atoms with Gasteiger partial charge in [-0.25, -0.2) is 0 Å². The van der Waals surface area contributed by atoms with Crippen LogP contribution >= 0.6 is 0 Å². The molecule has 0 bridgehead atoms. The predicted molar refractivity (Wildman–Crippen MR) is 94.0 cm³/mol. The fourth-order valence-electron chi connectivity index (χ4n) is 2.44. The van der Waals surface area contributed by atoms with Crippen molar-refractivity contribution in [2.24, 2.45) is 5.92 Å². The summed E-state index contributed by atoms with van der Waals surface area (Å²) in [6, 6.07) is 5.77. The number of carbonyl (C=O) groups is 3. The zero-order chi connectivity index (χ0) is 18.6. The lowest BCUT2D eigenvalue weighted by atomic mass is 10.0. The van der Waals surface area contributed by atoms with Gasteiger partial charge in [-0.05, 0) is 18.6 Å². The maximum absolute atomic E-state index is 12.5. The Bertz CT molecular complexity index is 781. The van der Waals surface area contributed by atoms with Crippen LogP contribution in [-0.2, 0) is 20.8 Å². The number of benzene rings is 1. The zero-order valence-corrected chi connectivity index (χ0v) is 14.5. The van der Waals surface area contributed by atoms with Crippen LogP contribution in [0.5, 0.6) is 0 Å². The second-order valence-corrected chi connectivity index (χ2v) is 6.35. The van der Waals surface area contributed by atoms with Crippen LogP contribution in [0.1, 0.15) is 26.3 Å². The van der Waals surface area contributed by atoms with E-state index in [-0.39, 0.29) is 18.2 Å². The molecule has 7 heteroatoms. The van der Waals surface area contributed by atoms with E-state index >= 15 is 0 Å². The van der Waals surface area contributed by atoms with E-state index in [0.717, 1.165) is 16.5 Å². The highest BCUT2D eigenvalue weighted by Gasteiger charge is 2.26. The van der Waals surface area contributed by atoms with Crippen molar-refractivity contribution in [3.63, 3.8) is 0 Å². The van der Waals surface area contributed by atoms with Crippen LogP contribution in [0, 0.1) is 5.92 Å². The van der Waals surface area contributed by atoms with Gasteiger partial charge >= 0.3 is 5.97 Å². The topological polar surface area (TPSA) is 111 Å². The molecule has 0 saturated carbocycles. The summed E-state index contributed by atoms with van der Waals surface area (Å²) < 4.78 is 0. The number of aromatic nitrogens is 1. The molecule has 2 amide bonds. The van der Waals surface area contributed by atoms with Gasteiger partial charge in [-0.15, -0.1) is 0 Å². The van der Waals surface area contributed by atoms with Crippen molar-refractivity contribution in [1.29, 1.82) is 0 Å². The van der Waals surface area contributed by atoms with Gasteiger partial charge in [0.25, 0.3) is 0 Å². The van der Waals surface area contributed by atoms with Crippen molar-refractivity contribution in [2.75, 3.05) is 0 Å². The Labute approximate surface area is 145 Å². The number of hydrogen-bond donors (Lipinski definition) is 4. The number of carboxylic acids is 1. The third-order valence-electron chi connectivity index (χ3n) is 3.99. The van der Waals surface area contributed by atoms with E-state index in [4.69, 9.17) is 5.11 Å². The van der Waals surface area contributed by atoms with E-state index in [0.29, 0.717) is 0 Å². The Hall–Kier alpha value is -2.83. The van der Waals surface area contributed by atoms with Gasteiger partial charge < -0.3 is 20.7 Å². The average Bonchev–Trinajstić information content (AvgIpc) is 2.97. The van der Waals surface area contributed by atoms with E-state index in [2.05, 4.69) is 15.6 Å². The summed E-state index contributed by atoms with van der Waals surface area (Å²) in [7, 11) is 0. The van der Waals surface area contributed by atoms with Gasteiger partial charge in [-0.1, -0.05) is 32.0 Å². The van der Waals surface area contributed by atoms with E-state index in [1.165, 1.54) is 6.92 Å². The molecule has 0 aliphatic rings. The number of para-hydroxylation sites is 1. The Morgan fingerprint density at radius 1 is 1.08 bits per heavy atom. The van der Waals surface area contributed by atoms with E-state index in [9.17, 15) is 14.4 Å². The number of fused-ring (bicyclic) bond motifs is 1. The molecule has 2 atom stereocenters. The second-order valence-electron chi connectivity index (χ2n) is 6.35. The van der Waals surface area contributed by atoms with Gasteiger partial charge in [-0.2, -0.15) is 0 Å². The molecule has 0 saturated heterocycles. The SMILES string of the molecule is CC(C)C(=O)NC(Cc1c[nH]c2ccccc12)C(=O)N[C@@H](C)C(=O)O. The molecule has 0 radical (unpaired) electrons. The van der Waals surface area contributed by atoms with Crippen molar-refractivity contribution in [1.82, 2.24) is 15.6 Å². The summed E-state index contributed by atoms with van der Waals surface area (Å²) >= 11 is 0. The van der Waals surface area contributed by atoms with Crippen molar-refractivity contribution in [3.8, 4) is 0 Å². The molecular weight excluding hydrogens is 322 g/mol. The van der Waals surface area contributed by atoms with Gasteiger partial charge in [-0.3, -0.25) is 14.4 Å². The number of rotatable bonds is 7. The number of aliphatic carboxylic acids is 1. The molecule has 0 fully saturated rings. The number of amides is 2. The number of carbonyl (C=O) groups excluding carboxylic acids is 2. The largest absolute Gasteiger partial charge is 0.480 e. The first-order valence-electron chi connectivity index (χ1n) is 8.18. The molecule has 134 valence electrons. The summed E-state index contributed by atoms with van der Waals surface area (Å²) in [5.41, 5.74) is 1.81. The Balaban J connectivity index is 2.23. The predicted octanol–water partition coefficient (Wildman–Crippen LogP) is 1.44. The van der Waals surface area contributed by atoms with Crippen molar-refractivity contribution >= 4 is 28.7 Å². The molecule has 1 unspecified atom stereocenters. The van der Waals surface area contributed by atoms with Crippen molar-refractivity contribution in [2.45, 2.75) is 39.3 Å². The third kappa shape index (κ3) is 4.59. The highest BCUT2D eigenvalue weighted by atomic mass is 16.4. The minimum Gasteiger partial charge on any atom is -0.480 e. The summed E-state index contributed by atoms with van der Waals surface area (Å²) in [5.74, 6) is -2.19. The summed E-state index contributed by atoms with van der Waals surface area (Å²) in [4.78, 5) is 38.6. The quantitative estimate of drug-likeness (QED) is 0.608. The molecule has 1 aromatic carbocycles. The van der Waals surface area contributed by atoms with Gasteiger partial charge in [0.05, 0.1) is 0 Å². The Kier molecular flexibility index (Phi) is 5.80. The second kappa shape index (κ2) is 7.83. The van der Waals surface area contributed by atoms with E-state index in [1.807, 2.05) is 24.3 Å². The fourth-order valence-corrected chi connectivity index (χ4v) is 2.44. The van der Waals surface area contributed by atoms with Crippen LogP contribution in [-0.4, -0.2) is 40.0 Å². The molecule has 7 nitrogen and oxygen atoms in total. The van der Waals surface area contributed by atoms with Crippen LogP contribution in [0.25, 0.3) is 10.9 Å². The van der Waals surface area contributed by atoms with Crippen LogP contribution in [0.4, 0.5) is 0 Å². The minimum atomic E-state index is -1.13. The third-order valence-corrected chi connectivity index (χ3v) is 3.99. The Morgan fingerprint density at radius 2 is 1.76 bits per heavy atom. The number of carboxylic acid groups (broad SMARTS) is 1. The number of hydrogen-bond acceptors (Lipinski definition) is 3. The number of nitrogens with one attached hydrogen (secondary N) is 3. The molecule has 1 aromatic heterocycles. The lowest BCUT2D eigenvalue weighted by molar-refractivity contribution is -0.141. The highest BCUT2D eigenvalue weighted by molar-refractivity contribution is 5.92. The molecule has 25 heavy (non-hydrogen) atoms. The first-order chi connectivity index (χ1) is 11.8. The van der Waals surface area contributed by atoms with Crippen LogP contribution < -0.4 is 10.6 Å². The summed E-state index contributed by atoms with van der Waals surface area (Å²) in [6.07, 6.45) is 2.06. The van der Waals surface area contributed by atoms with Crippen LogP contribution in [0.3, 0.4) is 0 Å². The standard InChI is InChI=1S/C18H23N3O4/c1-10(2)16(22)21-15(17(23)20-11(3)18(24)25)8-12-9-19-14-7-5-4-6-13(12)14/h4-7,9-11,15,19H,8H2,1-3H3,(H,20,23)(H,21,22)(H,24,25)/t11-,15?/m0/s1. The number of aromatic amines is 1. The monoisotopic (exact) mass is 345 g/mol. The van der Waals surface area contributed by atoms with Crippen LogP contribution in [0.15, 0.2) is 30.5 Å². The first-order valence-corrected chi connectivity index (χ1v) is 8.18. The molecule has 0 aliphatic heterocycles. The first kappa shape index (κ1) is 18.5. The molecule has 2 rings (SSSR count). The molecule has 2 aromatic rings. The number of H-pyrrole nitrogens is 1. The lowest BCUT2D eigenvalue weighted by Crippen LogP contribution is -2.52. The van der Waals surface area contributed by atoms with Crippen LogP contribution in [0.2, 0.25) is 0 Å². The summed E-state index contributed by atoms with van der Waals surface area (Å²) in [5, 5.41) is 15.1. The van der Waals surface area contributed by atoms with Crippen molar-refractivity contribution in [3.05, 3.63) is 36.0 Å². The Morgan fingerprint density at radius 3 is 2.40 bits per heavy atom. The molecule has 1 heterocycles. The zero-order valence-electron chi connectivity index (χ0n) is 14.5. The maximum atomic E-state index is 12.5. The summed E-state index contributed by atoms with van der Waals surface area (Å²) in [6.45, 7) is 4.85. The molecular formula is C18H23N3O4. The highest BCUT2D eigenvalue weighted by Crippen LogP contribution is 2.19. The smallest absolute Gasteiger partial charge is 0.325 e. The molecule has 4 N–H and O–H groups in total. The van der Waals surface area contributed by atoms with Gasteiger partial charge in [0.2, 0.25) is 11.8 Å². The minimum absolute atomic E-state index is 0.261. The molecule has 0 spiro atoms. The normalized spacial score (nSPS) is 13.4. The van der Waals surface area contributed by atoms with Gasteiger partial charge in [0.1, 0.15) is 12.1 Å². The van der Waals surface area contributed by atoms with E-state index in [1.54, 1.807) is 20.0 Å². The maximum Gasteiger partial charge on any atom is 0.325 e. The van der Waals surface area contributed by atoms with E-state index < -0.39 is 24.0 Å². The molecule has 0 aliphatic carbocycles. The van der Waals surface area contributed by atoms with Crippen molar-refractivity contribution < 1.29 is 19.5 Å². The van der Waals surface area contributed by atoms with Gasteiger partial charge in [0.15, 0.2) is 0 Å².